The lowest BCUT2D eigenvalue weighted by molar-refractivity contribution is -0.160. The summed E-state index contributed by atoms with van der Waals surface area (Å²) in [5.41, 5.74) is 0.302. The van der Waals surface area contributed by atoms with Crippen LogP contribution >= 0.6 is 0 Å². The largest absolute Gasteiger partial charge is 0.383 e. The highest BCUT2D eigenvalue weighted by Crippen LogP contribution is 2.25. The first kappa shape index (κ1) is 19.3. The van der Waals surface area contributed by atoms with E-state index >= 15 is 0 Å². The van der Waals surface area contributed by atoms with Crippen molar-refractivity contribution in [1.82, 2.24) is 19.7 Å². The molecule has 8 heteroatoms. The topological polar surface area (TPSA) is 83.1 Å². The number of carbonyl (C=O) groups excluding carboxylic acids is 3. The van der Waals surface area contributed by atoms with Gasteiger partial charge in [0, 0.05) is 38.3 Å². The van der Waals surface area contributed by atoms with Crippen LogP contribution in [0.3, 0.4) is 0 Å². The Morgan fingerprint density at radius 3 is 2.76 bits per heavy atom. The number of amides is 3. The van der Waals surface area contributed by atoms with Crippen molar-refractivity contribution in [2.75, 3.05) is 39.9 Å². The highest BCUT2D eigenvalue weighted by atomic mass is 16.5. The fraction of sp³-hybridized carbons (Fsp3) is 0.429. The molecule has 1 aromatic carbocycles. The minimum atomic E-state index is -0.664. The SMILES string of the molecule is COCCN1CCN2C(=O)[C@H](C)N(C(=O)c3nccc4ccccc34)C[C@H]2C1=O. The quantitative estimate of drug-likeness (QED) is 0.762. The Morgan fingerprint density at radius 1 is 1.17 bits per heavy atom. The van der Waals surface area contributed by atoms with Crippen molar-refractivity contribution in [3.8, 4) is 0 Å². The molecule has 4 rings (SSSR count). The summed E-state index contributed by atoms with van der Waals surface area (Å²) in [7, 11) is 1.59. The molecular weight excluding hydrogens is 372 g/mol. The van der Waals surface area contributed by atoms with Crippen molar-refractivity contribution in [2.24, 2.45) is 0 Å². The van der Waals surface area contributed by atoms with Gasteiger partial charge >= 0.3 is 0 Å². The Hall–Kier alpha value is -3.00. The lowest BCUT2D eigenvalue weighted by Gasteiger charge is -2.48. The monoisotopic (exact) mass is 396 g/mol. The summed E-state index contributed by atoms with van der Waals surface area (Å²) in [5, 5.41) is 1.64. The zero-order valence-corrected chi connectivity index (χ0v) is 16.6. The molecule has 0 saturated carbocycles. The second kappa shape index (κ2) is 7.79. The van der Waals surface area contributed by atoms with Crippen molar-refractivity contribution in [1.29, 1.82) is 0 Å². The van der Waals surface area contributed by atoms with Gasteiger partial charge in [-0.1, -0.05) is 24.3 Å². The lowest BCUT2D eigenvalue weighted by Crippen LogP contribution is -2.70. The second-order valence-electron chi connectivity index (χ2n) is 7.38. The zero-order chi connectivity index (χ0) is 20.5. The molecule has 0 N–H and O–H groups in total. The van der Waals surface area contributed by atoms with E-state index in [1.165, 1.54) is 4.90 Å². The van der Waals surface area contributed by atoms with E-state index in [1.807, 2.05) is 30.3 Å². The summed E-state index contributed by atoms with van der Waals surface area (Å²) < 4.78 is 5.08. The first-order valence-electron chi connectivity index (χ1n) is 9.76. The summed E-state index contributed by atoms with van der Waals surface area (Å²) in [6.07, 6.45) is 1.59. The predicted octanol–water partition coefficient (Wildman–Crippen LogP) is 0.765. The summed E-state index contributed by atoms with van der Waals surface area (Å²) in [5.74, 6) is -0.670. The van der Waals surface area contributed by atoms with Crippen molar-refractivity contribution in [3.05, 3.63) is 42.2 Å². The van der Waals surface area contributed by atoms with E-state index in [2.05, 4.69) is 4.98 Å². The van der Waals surface area contributed by atoms with Gasteiger partial charge in [-0.15, -0.1) is 0 Å². The van der Waals surface area contributed by atoms with Crippen molar-refractivity contribution in [3.63, 3.8) is 0 Å². The Bertz CT molecular complexity index is 957. The molecule has 3 heterocycles. The van der Waals surface area contributed by atoms with Gasteiger partial charge in [-0.3, -0.25) is 19.4 Å². The molecule has 0 radical (unpaired) electrons. The second-order valence-corrected chi connectivity index (χ2v) is 7.38. The van der Waals surface area contributed by atoms with Crippen LogP contribution in [0.2, 0.25) is 0 Å². The highest BCUT2D eigenvalue weighted by molar-refractivity contribution is 6.07. The standard InChI is InChI=1S/C21H24N4O4/c1-14-19(26)24-10-9-23(11-12-29-2)20(27)17(24)13-25(14)21(28)18-16-6-4-3-5-15(16)7-8-22-18/h3-8,14,17H,9-13H2,1-2H3/t14-,17-/m0/s1. The van der Waals surface area contributed by atoms with Crippen LogP contribution in [0, 0.1) is 0 Å². The molecule has 8 nitrogen and oxygen atoms in total. The van der Waals surface area contributed by atoms with Crippen molar-refractivity contribution >= 4 is 28.5 Å². The maximum Gasteiger partial charge on any atom is 0.273 e. The number of methoxy groups -OCH3 is 1. The maximum absolute atomic E-state index is 13.4. The molecule has 1 aromatic heterocycles. The number of piperazine rings is 2. The Kier molecular flexibility index (Phi) is 5.19. The summed E-state index contributed by atoms with van der Waals surface area (Å²) in [4.78, 5) is 48.3. The van der Waals surface area contributed by atoms with Crippen LogP contribution < -0.4 is 0 Å². The van der Waals surface area contributed by atoms with Crippen LogP contribution in [-0.4, -0.2) is 89.4 Å². The van der Waals surface area contributed by atoms with E-state index in [0.717, 1.165) is 10.8 Å². The van der Waals surface area contributed by atoms with Gasteiger partial charge in [0.25, 0.3) is 5.91 Å². The average molecular weight is 396 g/mol. The number of nitrogens with zero attached hydrogens (tertiary/aromatic N) is 4. The van der Waals surface area contributed by atoms with Gasteiger partial charge in [-0.05, 0) is 18.4 Å². The molecule has 29 heavy (non-hydrogen) atoms. The van der Waals surface area contributed by atoms with E-state index in [0.29, 0.717) is 31.9 Å². The number of aromatic nitrogens is 1. The molecule has 2 aliphatic rings. The number of ether oxygens (including phenoxy) is 1. The minimum absolute atomic E-state index is 0.141. The van der Waals surface area contributed by atoms with Crippen LogP contribution in [-0.2, 0) is 14.3 Å². The van der Waals surface area contributed by atoms with E-state index < -0.39 is 12.1 Å². The predicted molar refractivity (Wildman–Crippen MR) is 106 cm³/mol. The summed E-state index contributed by atoms with van der Waals surface area (Å²) in [6, 6.07) is 8.05. The average Bonchev–Trinajstić information content (AvgIpc) is 2.75. The summed E-state index contributed by atoms with van der Waals surface area (Å²) in [6.45, 7) is 3.74. The normalized spacial score (nSPS) is 22.2. The van der Waals surface area contributed by atoms with Gasteiger partial charge in [0.15, 0.2) is 0 Å². The number of fused-ring (bicyclic) bond motifs is 2. The number of pyridine rings is 1. The number of carbonyl (C=O) groups is 3. The third-order valence-corrected chi connectivity index (χ3v) is 5.76. The fourth-order valence-electron chi connectivity index (χ4n) is 4.11. The first-order valence-corrected chi connectivity index (χ1v) is 9.76. The molecule has 2 aliphatic heterocycles. The molecule has 152 valence electrons. The molecule has 2 fully saturated rings. The van der Waals surface area contributed by atoms with Gasteiger partial charge in [-0.25, -0.2) is 0 Å². The third kappa shape index (κ3) is 3.33. The Balaban J connectivity index is 1.63. The van der Waals surface area contributed by atoms with Gasteiger partial charge in [0.1, 0.15) is 17.8 Å². The minimum Gasteiger partial charge on any atom is -0.383 e. The molecule has 0 spiro atoms. The fourth-order valence-corrected chi connectivity index (χ4v) is 4.11. The molecule has 0 bridgehead atoms. The number of rotatable bonds is 4. The van der Waals surface area contributed by atoms with E-state index in [9.17, 15) is 14.4 Å². The van der Waals surface area contributed by atoms with Gasteiger partial charge in [0.2, 0.25) is 11.8 Å². The van der Waals surface area contributed by atoms with Crippen LogP contribution in [0.25, 0.3) is 10.8 Å². The highest BCUT2D eigenvalue weighted by Gasteiger charge is 2.47. The van der Waals surface area contributed by atoms with Crippen LogP contribution in [0.4, 0.5) is 0 Å². The number of benzene rings is 1. The Morgan fingerprint density at radius 2 is 1.97 bits per heavy atom. The molecule has 0 unspecified atom stereocenters. The molecule has 2 atom stereocenters. The summed E-state index contributed by atoms with van der Waals surface area (Å²) >= 11 is 0. The number of hydrogen-bond acceptors (Lipinski definition) is 5. The zero-order valence-electron chi connectivity index (χ0n) is 16.6. The lowest BCUT2D eigenvalue weighted by atomic mass is 10.0. The number of hydrogen-bond donors (Lipinski definition) is 0. The molecule has 0 aliphatic carbocycles. The van der Waals surface area contributed by atoms with E-state index in [1.54, 1.807) is 30.0 Å². The smallest absolute Gasteiger partial charge is 0.273 e. The molecule has 3 amide bonds. The van der Waals surface area contributed by atoms with Crippen LogP contribution in [0.1, 0.15) is 17.4 Å². The molecular formula is C21H24N4O4. The maximum atomic E-state index is 13.4. The first-order chi connectivity index (χ1) is 14.0. The molecule has 2 aromatic rings. The van der Waals surface area contributed by atoms with E-state index in [-0.39, 0.29) is 24.3 Å². The van der Waals surface area contributed by atoms with Gasteiger partial charge in [-0.2, -0.15) is 0 Å². The van der Waals surface area contributed by atoms with Gasteiger partial charge < -0.3 is 19.4 Å². The third-order valence-electron chi connectivity index (χ3n) is 5.76. The Labute approximate surface area is 169 Å². The van der Waals surface area contributed by atoms with E-state index in [4.69, 9.17) is 4.74 Å². The van der Waals surface area contributed by atoms with Gasteiger partial charge in [0.05, 0.1) is 13.2 Å². The van der Waals surface area contributed by atoms with Crippen molar-refractivity contribution in [2.45, 2.75) is 19.0 Å². The van der Waals surface area contributed by atoms with Crippen LogP contribution in [0.5, 0.6) is 0 Å². The van der Waals surface area contributed by atoms with Crippen molar-refractivity contribution < 1.29 is 19.1 Å². The van der Waals surface area contributed by atoms with Crippen LogP contribution in [0.15, 0.2) is 36.5 Å². The molecule has 2 saturated heterocycles.